The monoisotopic (exact) mass is 325 g/mol. The highest BCUT2D eigenvalue weighted by molar-refractivity contribution is 9.10. The van der Waals surface area contributed by atoms with Gasteiger partial charge >= 0.3 is 0 Å². The second-order valence-electron chi connectivity index (χ2n) is 4.20. The average molecular weight is 326 g/mol. The normalized spacial score (nSPS) is 12.2. The molecule has 0 bridgehead atoms. The van der Waals surface area contributed by atoms with E-state index in [1.165, 1.54) is 18.2 Å². The summed E-state index contributed by atoms with van der Waals surface area (Å²) in [7, 11) is 0. The fourth-order valence-corrected chi connectivity index (χ4v) is 2.27. The van der Waals surface area contributed by atoms with Gasteiger partial charge in [-0.3, -0.25) is 0 Å². The van der Waals surface area contributed by atoms with Crippen LogP contribution in [0.3, 0.4) is 0 Å². The third-order valence-corrected chi connectivity index (χ3v) is 3.40. The van der Waals surface area contributed by atoms with Gasteiger partial charge in [-0.05, 0) is 53.2 Å². The van der Waals surface area contributed by atoms with Gasteiger partial charge in [-0.2, -0.15) is 0 Å². The lowest BCUT2D eigenvalue weighted by Crippen LogP contribution is -2.07. The van der Waals surface area contributed by atoms with Crippen molar-refractivity contribution in [2.24, 2.45) is 0 Å². The van der Waals surface area contributed by atoms with E-state index in [0.29, 0.717) is 15.7 Å². The van der Waals surface area contributed by atoms with Crippen LogP contribution in [0.2, 0.25) is 0 Å². The van der Waals surface area contributed by atoms with Crippen LogP contribution in [0, 0.1) is 5.82 Å². The van der Waals surface area contributed by atoms with Gasteiger partial charge in [-0.1, -0.05) is 6.07 Å². The highest BCUT2D eigenvalue weighted by Crippen LogP contribution is 2.34. The van der Waals surface area contributed by atoms with Crippen LogP contribution in [-0.2, 0) is 0 Å². The molecule has 0 aliphatic heterocycles. The Labute approximate surface area is 118 Å². The maximum Gasteiger partial charge on any atom is 0.137 e. The first-order chi connectivity index (χ1) is 8.99. The Morgan fingerprint density at radius 1 is 1.16 bits per heavy atom. The van der Waals surface area contributed by atoms with E-state index in [0.717, 1.165) is 0 Å². The fourth-order valence-electron chi connectivity index (χ4n) is 1.89. The van der Waals surface area contributed by atoms with Crippen molar-refractivity contribution in [3.8, 4) is 11.5 Å². The summed E-state index contributed by atoms with van der Waals surface area (Å²) >= 11 is 3.11. The molecule has 0 amide bonds. The molecule has 0 radical (unpaired) electrons. The zero-order chi connectivity index (χ0) is 14.0. The Hall–Kier alpha value is -1.75. The van der Waals surface area contributed by atoms with Crippen molar-refractivity contribution in [3.63, 3.8) is 0 Å². The number of phenolic OH excluding ortho intramolecular Hbond substituents is 2. The molecule has 3 N–H and O–H groups in total. The van der Waals surface area contributed by atoms with Crippen LogP contribution in [0.25, 0.3) is 0 Å². The quantitative estimate of drug-likeness (QED) is 0.793. The van der Waals surface area contributed by atoms with Crippen molar-refractivity contribution in [1.29, 1.82) is 0 Å². The first-order valence-corrected chi connectivity index (χ1v) is 6.50. The molecule has 0 saturated carbocycles. The fraction of sp³-hybridized carbons (Fsp3) is 0.143. The summed E-state index contributed by atoms with van der Waals surface area (Å²) in [4.78, 5) is 0. The van der Waals surface area contributed by atoms with Crippen molar-refractivity contribution >= 4 is 21.6 Å². The molecule has 3 nitrogen and oxygen atoms in total. The number of halogens is 2. The smallest absolute Gasteiger partial charge is 0.137 e. The van der Waals surface area contributed by atoms with E-state index in [4.69, 9.17) is 0 Å². The van der Waals surface area contributed by atoms with Crippen LogP contribution in [-0.4, -0.2) is 10.2 Å². The molecule has 1 unspecified atom stereocenters. The third kappa shape index (κ3) is 2.98. The number of nitrogens with one attached hydrogen (secondary N) is 1. The van der Waals surface area contributed by atoms with Crippen molar-refractivity contribution in [2.45, 2.75) is 13.0 Å². The number of aromatic hydroxyl groups is 2. The van der Waals surface area contributed by atoms with E-state index in [1.54, 1.807) is 25.1 Å². The zero-order valence-electron chi connectivity index (χ0n) is 10.2. The van der Waals surface area contributed by atoms with Gasteiger partial charge in [0.1, 0.15) is 17.3 Å². The molecule has 0 fully saturated rings. The Morgan fingerprint density at radius 3 is 2.37 bits per heavy atom. The van der Waals surface area contributed by atoms with Crippen LogP contribution >= 0.6 is 15.9 Å². The summed E-state index contributed by atoms with van der Waals surface area (Å²) in [5, 5.41) is 22.6. The summed E-state index contributed by atoms with van der Waals surface area (Å²) in [6.07, 6.45) is 0. The van der Waals surface area contributed by atoms with Crippen molar-refractivity contribution < 1.29 is 14.6 Å². The van der Waals surface area contributed by atoms with Crippen molar-refractivity contribution in [3.05, 3.63) is 52.3 Å². The van der Waals surface area contributed by atoms with Gasteiger partial charge < -0.3 is 15.5 Å². The van der Waals surface area contributed by atoms with Gasteiger partial charge in [0, 0.05) is 5.69 Å². The van der Waals surface area contributed by atoms with Gasteiger partial charge in [0.25, 0.3) is 0 Å². The molecule has 0 heterocycles. The molecule has 5 heteroatoms. The number of hydrogen-bond acceptors (Lipinski definition) is 3. The Kier molecular flexibility index (Phi) is 3.95. The largest absolute Gasteiger partial charge is 0.507 e. The second kappa shape index (κ2) is 5.48. The van der Waals surface area contributed by atoms with E-state index in [9.17, 15) is 14.6 Å². The summed E-state index contributed by atoms with van der Waals surface area (Å²) in [6, 6.07) is 8.79. The predicted octanol–water partition coefficient (Wildman–Crippen LogP) is 4.17. The average Bonchev–Trinajstić information content (AvgIpc) is 2.33. The minimum absolute atomic E-state index is 0.0150. The van der Waals surface area contributed by atoms with Gasteiger partial charge in [0.05, 0.1) is 16.1 Å². The summed E-state index contributed by atoms with van der Waals surface area (Å²) in [5.41, 5.74) is 1.09. The predicted molar refractivity (Wildman–Crippen MR) is 75.9 cm³/mol. The molecule has 0 aliphatic carbocycles. The maximum atomic E-state index is 13.1. The SMILES string of the molecule is CC(Nc1ccc(F)c(Br)c1)c1c(O)cccc1O. The lowest BCUT2D eigenvalue weighted by molar-refractivity contribution is 0.434. The molecule has 0 aromatic heterocycles. The lowest BCUT2D eigenvalue weighted by atomic mass is 10.1. The van der Waals surface area contributed by atoms with E-state index >= 15 is 0 Å². The van der Waals surface area contributed by atoms with E-state index in [-0.39, 0.29) is 23.4 Å². The highest BCUT2D eigenvalue weighted by Gasteiger charge is 2.15. The minimum atomic E-state index is -0.344. The molecule has 2 aromatic rings. The minimum Gasteiger partial charge on any atom is -0.507 e. The van der Waals surface area contributed by atoms with Gasteiger partial charge in [0.2, 0.25) is 0 Å². The molecular formula is C14H13BrFNO2. The maximum absolute atomic E-state index is 13.1. The molecule has 1 atom stereocenters. The molecule has 2 aromatic carbocycles. The molecule has 19 heavy (non-hydrogen) atoms. The van der Waals surface area contributed by atoms with E-state index in [1.807, 2.05) is 0 Å². The van der Waals surface area contributed by atoms with Crippen molar-refractivity contribution in [1.82, 2.24) is 0 Å². The molecule has 100 valence electrons. The van der Waals surface area contributed by atoms with Crippen LogP contribution in [0.1, 0.15) is 18.5 Å². The Morgan fingerprint density at radius 2 is 1.79 bits per heavy atom. The number of benzene rings is 2. The summed E-state index contributed by atoms with van der Waals surface area (Å²) < 4.78 is 13.5. The van der Waals surface area contributed by atoms with Gasteiger partial charge in [-0.25, -0.2) is 4.39 Å². The highest BCUT2D eigenvalue weighted by atomic mass is 79.9. The molecule has 0 saturated heterocycles. The van der Waals surface area contributed by atoms with Crippen molar-refractivity contribution in [2.75, 3.05) is 5.32 Å². The first-order valence-electron chi connectivity index (χ1n) is 5.71. The first kappa shape index (κ1) is 13.7. The van der Waals surface area contributed by atoms with Crippen LogP contribution in [0.15, 0.2) is 40.9 Å². The van der Waals surface area contributed by atoms with Crippen LogP contribution < -0.4 is 5.32 Å². The number of phenols is 2. The molecule has 0 spiro atoms. The number of hydrogen-bond donors (Lipinski definition) is 3. The lowest BCUT2D eigenvalue weighted by Gasteiger charge is -2.18. The van der Waals surface area contributed by atoms with E-state index < -0.39 is 0 Å². The number of rotatable bonds is 3. The van der Waals surface area contributed by atoms with Crippen LogP contribution in [0.4, 0.5) is 10.1 Å². The second-order valence-corrected chi connectivity index (χ2v) is 5.06. The van der Waals surface area contributed by atoms with Crippen LogP contribution in [0.5, 0.6) is 11.5 Å². The Balaban J connectivity index is 2.25. The molecular weight excluding hydrogens is 313 g/mol. The Bertz CT molecular complexity index is 584. The topological polar surface area (TPSA) is 52.5 Å². The summed E-state index contributed by atoms with van der Waals surface area (Å²) in [5.74, 6) is -0.314. The van der Waals surface area contributed by atoms with E-state index in [2.05, 4.69) is 21.2 Å². The third-order valence-electron chi connectivity index (χ3n) is 2.80. The standard InChI is InChI=1S/C14H13BrFNO2/c1-8(14-12(18)3-2-4-13(14)19)17-9-5-6-11(16)10(15)7-9/h2-8,17-19H,1H3. The summed E-state index contributed by atoms with van der Waals surface area (Å²) in [6.45, 7) is 1.80. The number of anilines is 1. The molecule has 0 aliphatic rings. The zero-order valence-corrected chi connectivity index (χ0v) is 11.8. The molecule has 2 rings (SSSR count). The van der Waals surface area contributed by atoms with Gasteiger partial charge in [-0.15, -0.1) is 0 Å². The van der Waals surface area contributed by atoms with Gasteiger partial charge in [0.15, 0.2) is 0 Å².